The van der Waals surface area contributed by atoms with Crippen molar-refractivity contribution in [3.8, 4) is 0 Å². The number of carbonyl (C=O) groups is 1. The van der Waals surface area contributed by atoms with Gasteiger partial charge in [-0.25, -0.2) is 8.78 Å². The van der Waals surface area contributed by atoms with Crippen molar-refractivity contribution in [2.45, 2.75) is 31.7 Å². The van der Waals surface area contributed by atoms with Crippen LogP contribution >= 0.6 is 15.9 Å². The second-order valence-corrected chi connectivity index (χ2v) is 5.77. The van der Waals surface area contributed by atoms with Gasteiger partial charge in [0.15, 0.2) is 0 Å². The molecule has 6 heteroatoms. The molecule has 1 heterocycles. The summed E-state index contributed by atoms with van der Waals surface area (Å²) < 4.78 is 27.1. The Balaban J connectivity index is 2.16. The van der Waals surface area contributed by atoms with Gasteiger partial charge in [0.2, 0.25) is 5.91 Å². The highest BCUT2D eigenvalue weighted by Crippen LogP contribution is 2.25. The van der Waals surface area contributed by atoms with Gasteiger partial charge < -0.3 is 10.6 Å². The average Bonchev–Trinajstić information content (AvgIpc) is 2.36. The lowest BCUT2D eigenvalue weighted by atomic mass is 9.90. The number of hydrogen-bond acceptors (Lipinski definition) is 2. The molecule has 19 heavy (non-hydrogen) atoms. The maximum absolute atomic E-state index is 13.7. The van der Waals surface area contributed by atoms with E-state index in [1.54, 1.807) is 6.92 Å². The van der Waals surface area contributed by atoms with E-state index in [-0.39, 0.29) is 16.1 Å². The Hall–Kier alpha value is -1.01. The Bertz CT molecular complexity index is 502. The van der Waals surface area contributed by atoms with Gasteiger partial charge in [-0.2, -0.15) is 0 Å². The van der Waals surface area contributed by atoms with Crippen molar-refractivity contribution in [3.63, 3.8) is 0 Å². The summed E-state index contributed by atoms with van der Waals surface area (Å²) in [7, 11) is 0. The fourth-order valence-electron chi connectivity index (χ4n) is 2.13. The number of piperidine rings is 1. The molecule has 1 amide bonds. The predicted molar refractivity (Wildman–Crippen MR) is 72.9 cm³/mol. The van der Waals surface area contributed by atoms with E-state index < -0.39 is 17.2 Å². The predicted octanol–water partition coefficient (Wildman–Crippen LogP) is 3.20. The minimum atomic E-state index is -0.728. The zero-order valence-electron chi connectivity index (χ0n) is 10.5. The molecule has 0 radical (unpaired) electrons. The molecule has 1 atom stereocenters. The van der Waals surface area contributed by atoms with Crippen LogP contribution in [0.2, 0.25) is 0 Å². The number of amides is 1. The molecular weight excluding hydrogens is 318 g/mol. The van der Waals surface area contributed by atoms with Crippen LogP contribution < -0.4 is 10.6 Å². The normalized spacial score (nSPS) is 23.2. The third-order valence-electron chi connectivity index (χ3n) is 3.38. The van der Waals surface area contributed by atoms with Crippen LogP contribution in [0.4, 0.5) is 14.5 Å². The maximum atomic E-state index is 13.7. The molecule has 0 aromatic heterocycles. The first kappa shape index (κ1) is 14.4. The minimum Gasteiger partial charge on any atom is -0.322 e. The first-order valence-electron chi connectivity index (χ1n) is 6.13. The monoisotopic (exact) mass is 332 g/mol. The Kier molecular flexibility index (Phi) is 4.20. The Morgan fingerprint density at radius 1 is 1.37 bits per heavy atom. The van der Waals surface area contributed by atoms with Gasteiger partial charge in [-0.3, -0.25) is 4.79 Å². The lowest BCUT2D eigenvalue weighted by molar-refractivity contribution is -0.122. The fourth-order valence-corrected chi connectivity index (χ4v) is 2.44. The highest BCUT2D eigenvalue weighted by Gasteiger charge is 2.34. The van der Waals surface area contributed by atoms with E-state index >= 15 is 0 Å². The minimum absolute atomic E-state index is 0.0324. The van der Waals surface area contributed by atoms with Gasteiger partial charge in [0.25, 0.3) is 0 Å². The van der Waals surface area contributed by atoms with Crippen molar-refractivity contribution in [1.82, 2.24) is 5.32 Å². The van der Waals surface area contributed by atoms with E-state index in [1.807, 2.05) is 0 Å². The van der Waals surface area contributed by atoms with E-state index in [4.69, 9.17) is 0 Å². The zero-order valence-corrected chi connectivity index (χ0v) is 12.1. The van der Waals surface area contributed by atoms with Gasteiger partial charge in [-0.15, -0.1) is 0 Å². The molecule has 1 fully saturated rings. The van der Waals surface area contributed by atoms with Crippen molar-refractivity contribution in [2.24, 2.45) is 0 Å². The van der Waals surface area contributed by atoms with E-state index in [1.165, 1.54) is 0 Å². The third kappa shape index (κ3) is 3.12. The summed E-state index contributed by atoms with van der Waals surface area (Å²) in [5.41, 5.74) is -0.867. The number of hydrogen-bond donors (Lipinski definition) is 2. The van der Waals surface area contributed by atoms with E-state index in [9.17, 15) is 13.6 Å². The van der Waals surface area contributed by atoms with Crippen LogP contribution in [-0.4, -0.2) is 18.0 Å². The quantitative estimate of drug-likeness (QED) is 0.816. The fraction of sp³-hybridized carbons (Fsp3) is 0.462. The van der Waals surface area contributed by atoms with E-state index in [0.717, 1.165) is 31.5 Å². The Morgan fingerprint density at radius 3 is 2.74 bits per heavy atom. The highest BCUT2D eigenvalue weighted by atomic mass is 79.9. The van der Waals surface area contributed by atoms with Crippen molar-refractivity contribution in [2.75, 3.05) is 11.9 Å². The largest absolute Gasteiger partial charge is 0.322 e. The Labute approximate surface area is 118 Å². The van der Waals surface area contributed by atoms with E-state index in [0.29, 0.717) is 6.42 Å². The molecule has 0 bridgehead atoms. The third-order valence-corrected chi connectivity index (χ3v) is 3.99. The van der Waals surface area contributed by atoms with Crippen molar-refractivity contribution >= 4 is 27.5 Å². The summed E-state index contributed by atoms with van der Waals surface area (Å²) in [5.74, 6) is -1.62. The van der Waals surface area contributed by atoms with E-state index in [2.05, 4.69) is 26.6 Å². The number of halogens is 3. The molecule has 0 saturated carbocycles. The summed E-state index contributed by atoms with van der Waals surface area (Å²) in [4.78, 5) is 12.2. The molecule has 0 aliphatic carbocycles. The first-order valence-corrected chi connectivity index (χ1v) is 6.93. The molecule has 2 rings (SSSR count). The standard InChI is InChI=1S/C13H15BrF2N2O/c1-13(4-2-3-5-17-13)12(19)18-11-7-9(15)8(14)6-10(11)16/h6-7,17H,2-5H2,1H3,(H,18,19). The second kappa shape index (κ2) is 5.54. The second-order valence-electron chi connectivity index (χ2n) is 4.92. The number of benzene rings is 1. The highest BCUT2D eigenvalue weighted by molar-refractivity contribution is 9.10. The summed E-state index contributed by atoms with van der Waals surface area (Å²) >= 11 is 2.89. The van der Waals surface area contributed by atoms with Gasteiger partial charge in [0.1, 0.15) is 11.6 Å². The lowest BCUT2D eigenvalue weighted by Gasteiger charge is -2.33. The average molecular weight is 333 g/mol. The van der Waals surface area contributed by atoms with Crippen molar-refractivity contribution < 1.29 is 13.6 Å². The molecule has 1 aromatic rings. The lowest BCUT2D eigenvalue weighted by Crippen LogP contribution is -2.54. The summed E-state index contributed by atoms with van der Waals surface area (Å²) in [6.07, 6.45) is 2.64. The van der Waals surface area contributed by atoms with Crippen LogP contribution in [0.25, 0.3) is 0 Å². The molecule has 104 valence electrons. The maximum Gasteiger partial charge on any atom is 0.244 e. The van der Waals surface area contributed by atoms with Gasteiger partial charge >= 0.3 is 0 Å². The van der Waals surface area contributed by atoms with Crippen molar-refractivity contribution in [3.05, 3.63) is 28.2 Å². The van der Waals surface area contributed by atoms with Crippen LogP contribution in [0.5, 0.6) is 0 Å². The first-order chi connectivity index (χ1) is 8.92. The molecule has 1 aromatic carbocycles. The van der Waals surface area contributed by atoms with Gasteiger partial charge in [-0.1, -0.05) is 0 Å². The summed E-state index contributed by atoms with van der Waals surface area (Å²) in [6.45, 7) is 2.52. The molecule has 3 nitrogen and oxygen atoms in total. The number of anilines is 1. The Morgan fingerprint density at radius 2 is 2.11 bits per heavy atom. The van der Waals surface area contributed by atoms with Gasteiger partial charge in [0.05, 0.1) is 15.7 Å². The molecule has 1 aliphatic rings. The SMILES string of the molecule is CC1(C(=O)Nc2cc(F)c(Br)cc2F)CCCCN1. The van der Waals surface area contributed by atoms with Gasteiger partial charge in [0, 0.05) is 6.07 Å². The van der Waals surface area contributed by atoms with Crippen LogP contribution in [0.3, 0.4) is 0 Å². The molecule has 0 spiro atoms. The number of nitrogens with one attached hydrogen (secondary N) is 2. The molecule has 1 unspecified atom stereocenters. The van der Waals surface area contributed by atoms with Crippen LogP contribution in [-0.2, 0) is 4.79 Å². The van der Waals surface area contributed by atoms with Crippen LogP contribution in [0, 0.1) is 11.6 Å². The molecule has 2 N–H and O–H groups in total. The number of carbonyl (C=O) groups excluding carboxylic acids is 1. The number of rotatable bonds is 2. The van der Waals surface area contributed by atoms with Crippen LogP contribution in [0.15, 0.2) is 16.6 Å². The van der Waals surface area contributed by atoms with Gasteiger partial charge in [-0.05, 0) is 54.7 Å². The molecule has 1 aliphatic heterocycles. The van der Waals surface area contributed by atoms with Crippen molar-refractivity contribution in [1.29, 1.82) is 0 Å². The van der Waals surface area contributed by atoms with Crippen LogP contribution in [0.1, 0.15) is 26.2 Å². The summed E-state index contributed by atoms with van der Waals surface area (Å²) in [6, 6.07) is 1.98. The smallest absolute Gasteiger partial charge is 0.244 e. The summed E-state index contributed by atoms with van der Waals surface area (Å²) in [5, 5.41) is 5.57. The molecular formula is C13H15BrF2N2O. The topological polar surface area (TPSA) is 41.1 Å². The molecule has 1 saturated heterocycles. The zero-order chi connectivity index (χ0) is 14.0.